The van der Waals surface area contributed by atoms with Crippen molar-refractivity contribution < 1.29 is 20.1 Å². The minimum Gasteiger partial charge on any atom is -0.481 e. The van der Waals surface area contributed by atoms with Crippen molar-refractivity contribution in [2.45, 2.75) is 50.5 Å². The molecule has 0 amide bonds. The number of unbranched alkanes of at least 4 members (excludes halogenated alkanes) is 2. The SMILES string of the molecule is O=C(O)C1CCC(O)(CNCCCCCO)CC1. The van der Waals surface area contributed by atoms with Crippen LogP contribution >= 0.6 is 0 Å². The minimum atomic E-state index is -0.742. The van der Waals surface area contributed by atoms with Crippen molar-refractivity contribution in [2.75, 3.05) is 19.7 Å². The molecule has 18 heavy (non-hydrogen) atoms. The van der Waals surface area contributed by atoms with Gasteiger partial charge in [-0.1, -0.05) is 0 Å². The highest BCUT2D eigenvalue weighted by molar-refractivity contribution is 5.70. The normalized spacial score (nSPS) is 28.2. The van der Waals surface area contributed by atoms with E-state index in [0.29, 0.717) is 32.2 Å². The topological polar surface area (TPSA) is 89.8 Å². The van der Waals surface area contributed by atoms with Gasteiger partial charge in [0, 0.05) is 13.2 Å². The predicted molar refractivity (Wildman–Crippen MR) is 68.4 cm³/mol. The van der Waals surface area contributed by atoms with Crippen molar-refractivity contribution in [3.05, 3.63) is 0 Å². The average molecular weight is 259 g/mol. The standard InChI is InChI=1S/C13H25NO4/c15-9-3-1-2-8-14-10-13(18)6-4-11(5-7-13)12(16)17/h11,14-15,18H,1-10H2,(H,16,17). The molecule has 5 nitrogen and oxygen atoms in total. The molecule has 1 saturated carbocycles. The van der Waals surface area contributed by atoms with Crippen LogP contribution in [0.5, 0.6) is 0 Å². The molecule has 106 valence electrons. The number of carbonyl (C=O) groups is 1. The molecule has 1 rings (SSSR count). The van der Waals surface area contributed by atoms with Crippen molar-refractivity contribution in [1.82, 2.24) is 5.32 Å². The zero-order valence-electron chi connectivity index (χ0n) is 10.9. The van der Waals surface area contributed by atoms with Crippen LogP contribution in [0.15, 0.2) is 0 Å². The van der Waals surface area contributed by atoms with Crippen molar-refractivity contribution in [3.63, 3.8) is 0 Å². The molecule has 1 fully saturated rings. The molecule has 0 saturated heterocycles. The molecule has 0 aromatic rings. The molecule has 0 aliphatic heterocycles. The average Bonchev–Trinajstić information content (AvgIpc) is 2.34. The highest BCUT2D eigenvalue weighted by atomic mass is 16.4. The first-order valence-electron chi connectivity index (χ1n) is 6.84. The van der Waals surface area contributed by atoms with Crippen molar-refractivity contribution in [2.24, 2.45) is 5.92 Å². The van der Waals surface area contributed by atoms with E-state index in [9.17, 15) is 9.90 Å². The summed E-state index contributed by atoms with van der Waals surface area (Å²) in [7, 11) is 0. The highest BCUT2D eigenvalue weighted by Crippen LogP contribution is 2.31. The molecule has 0 aromatic carbocycles. The first-order chi connectivity index (χ1) is 8.57. The number of aliphatic carboxylic acids is 1. The first-order valence-corrected chi connectivity index (χ1v) is 6.84. The molecule has 0 radical (unpaired) electrons. The molecule has 4 N–H and O–H groups in total. The summed E-state index contributed by atoms with van der Waals surface area (Å²) in [6.07, 6.45) is 5.07. The maximum atomic E-state index is 10.8. The molecule has 0 unspecified atom stereocenters. The number of aliphatic hydroxyl groups is 2. The predicted octanol–water partition coefficient (Wildman–Crippen LogP) is 0.744. The number of hydrogen-bond donors (Lipinski definition) is 4. The molecule has 5 heteroatoms. The maximum Gasteiger partial charge on any atom is 0.306 e. The Morgan fingerprint density at radius 3 is 2.44 bits per heavy atom. The third-order valence-corrected chi connectivity index (χ3v) is 3.73. The number of hydrogen-bond acceptors (Lipinski definition) is 4. The molecule has 1 aliphatic carbocycles. The second kappa shape index (κ2) is 7.71. The van der Waals surface area contributed by atoms with Gasteiger partial charge < -0.3 is 20.6 Å². The Morgan fingerprint density at radius 1 is 1.22 bits per heavy atom. The van der Waals surface area contributed by atoms with Gasteiger partial charge in [0.2, 0.25) is 0 Å². The Hall–Kier alpha value is -0.650. The van der Waals surface area contributed by atoms with Gasteiger partial charge >= 0.3 is 5.97 Å². The molecular formula is C13H25NO4. The van der Waals surface area contributed by atoms with E-state index in [-0.39, 0.29) is 12.5 Å². The van der Waals surface area contributed by atoms with Crippen molar-refractivity contribution >= 4 is 5.97 Å². The van der Waals surface area contributed by atoms with E-state index in [0.717, 1.165) is 25.8 Å². The van der Waals surface area contributed by atoms with Gasteiger partial charge in [-0.25, -0.2) is 0 Å². The number of carboxylic acids is 1. The van der Waals surface area contributed by atoms with E-state index in [2.05, 4.69) is 5.32 Å². The van der Waals surface area contributed by atoms with E-state index >= 15 is 0 Å². The van der Waals surface area contributed by atoms with Crippen LogP contribution < -0.4 is 5.32 Å². The molecular weight excluding hydrogens is 234 g/mol. The van der Waals surface area contributed by atoms with E-state index in [4.69, 9.17) is 10.2 Å². The van der Waals surface area contributed by atoms with Gasteiger partial charge in [-0.15, -0.1) is 0 Å². The lowest BCUT2D eigenvalue weighted by Crippen LogP contribution is -2.44. The van der Waals surface area contributed by atoms with E-state index in [1.165, 1.54) is 0 Å². The Kier molecular flexibility index (Phi) is 6.60. The summed E-state index contributed by atoms with van der Waals surface area (Å²) in [5, 5.41) is 31.0. The lowest BCUT2D eigenvalue weighted by atomic mass is 9.79. The smallest absolute Gasteiger partial charge is 0.306 e. The monoisotopic (exact) mass is 259 g/mol. The second-order valence-electron chi connectivity index (χ2n) is 5.30. The lowest BCUT2D eigenvalue weighted by molar-refractivity contribution is -0.144. The van der Waals surface area contributed by atoms with Crippen molar-refractivity contribution in [3.8, 4) is 0 Å². The van der Waals surface area contributed by atoms with Crippen LogP contribution in [0.3, 0.4) is 0 Å². The molecule has 0 atom stereocenters. The fourth-order valence-corrected chi connectivity index (χ4v) is 2.44. The molecule has 0 bridgehead atoms. The van der Waals surface area contributed by atoms with Crippen LogP contribution in [0.4, 0.5) is 0 Å². The third-order valence-electron chi connectivity index (χ3n) is 3.73. The van der Waals surface area contributed by atoms with Crippen LogP contribution in [0, 0.1) is 5.92 Å². The van der Waals surface area contributed by atoms with Gasteiger partial charge in [0.05, 0.1) is 11.5 Å². The third kappa shape index (κ3) is 5.33. The highest BCUT2D eigenvalue weighted by Gasteiger charge is 2.35. The second-order valence-corrected chi connectivity index (χ2v) is 5.30. The molecule has 0 aromatic heterocycles. The van der Waals surface area contributed by atoms with Gasteiger partial charge in [-0.2, -0.15) is 0 Å². The van der Waals surface area contributed by atoms with Crippen molar-refractivity contribution in [1.29, 1.82) is 0 Å². The fourth-order valence-electron chi connectivity index (χ4n) is 2.44. The van der Waals surface area contributed by atoms with Crippen LogP contribution in [-0.2, 0) is 4.79 Å². The Labute approximate surface area is 108 Å². The zero-order valence-corrected chi connectivity index (χ0v) is 10.9. The van der Waals surface area contributed by atoms with Crippen LogP contribution in [0.1, 0.15) is 44.9 Å². The fraction of sp³-hybridized carbons (Fsp3) is 0.923. The molecule has 1 aliphatic rings. The van der Waals surface area contributed by atoms with Gasteiger partial charge in [0.1, 0.15) is 0 Å². The van der Waals surface area contributed by atoms with Gasteiger partial charge in [-0.3, -0.25) is 4.79 Å². The van der Waals surface area contributed by atoms with Gasteiger partial charge in [-0.05, 0) is 51.5 Å². The number of aliphatic hydroxyl groups excluding tert-OH is 1. The zero-order chi connectivity index (χ0) is 13.4. The van der Waals surface area contributed by atoms with E-state index < -0.39 is 11.6 Å². The first kappa shape index (κ1) is 15.4. The Morgan fingerprint density at radius 2 is 1.89 bits per heavy atom. The maximum absolute atomic E-state index is 10.8. The van der Waals surface area contributed by atoms with Gasteiger partial charge in [0.15, 0.2) is 0 Å². The summed E-state index contributed by atoms with van der Waals surface area (Å²) >= 11 is 0. The van der Waals surface area contributed by atoms with Crippen LogP contribution in [-0.4, -0.2) is 46.6 Å². The summed E-state index contributed by atoms with van der Waals surface area (Å²) < 4.78 is 0. The minimum absolute atomic E-state index is 0.237. The van der Waals surface area contributed by atoms with E-state index in [1.54, 1.807) is 0 Å². The summed E-state index contributed by atoms with van der Waals surface area (Å²) in [5.74, 6) is -1.02. The summed E-state index contributed by atoms with van der Waals surface area (Å²) in [4.78, 5) is 10.8. The summed E-state index contributed by atoms with van der Waals surface area (Å²) in [5.41, 5.74) is -0.733. The Bertz CT molecular complexity index is 249. The quantitative estimate of drug-likeness (QED) is 0.483. The lowest BCUT2D eigenvalue weighted by Gasteiger charge is -2.34. The number of carboxylic acid groups (broad SMARTS) is 1. The summed E-state index contributed by atoms with van der Waals surface area (Å²) in [6.45, 7) is 1.61. The van der Waals surface area contributed by atoms with Crippen LogP contribution in [0.25, 0.3) is 0 Å². The number of rotatable bonds is 8. The Balaban J connectivity index is 2.12. The van der Waals surface area contributed by atoms with Gasteiger partial charge in [0.25, 0.3) is 0 Å². The largest absolute Gasteiger partial charge is 0.481 e. The molecule has 0 heterocycles. The number of nitrogens with one attached hydrogen (secondary N) is 1. The van der Waals surface area contributed by atoms with Crippen LogP contribution in [0.2, 0.25) is 0 Å². The molecule has 0 spiro atoms. The summed E-state index contributed by atoms with van der Waals surface area (Å²) in [6, 6.07) is 0. The van der Waals surface area contributed by atoms with E-state index in [1.807, 2.05) is 0 Å².